The van der Waals surface area contributed by atoms with Crippen LogP contribution in [0.15, 0.2) is 28.1 Å². The van der Waals surface area contributed by atoms with Gasteiger partial charge in [-0.3, -0.25) is 4.79 Å². The van der Waals surface area contributed by atoms with Gasteiger partial charge in [-0.1, -0.05) is 0 Å². The quantitative estimate of drug-likeness (QED) is 0.733. The zero-order valence-corrected chi connectivity index (χ0v) is 14.8. The molecule has 0 fully saturated rings. The lowest BCUT2D eigenvalue weighted by Crippen LogP contribution is -3.12. The molecule has 0 radical (unpaired) electrons. The first-order valence-corrected chi connectivity index (χ1v) is 8.41. The largest absolute Gasteiger partial charge is 0.323 e. The van der Waals surface area contributed by atoms with E-state index >= 15 is 0 Å². The number of amides is 1. The molecule has 0 bridgehead atoms. The first-order chi connectivity index (χ1) is 10.8. The number of carbonyl (C=O) groups excluding carboxylic acids is 1. The van der Waals surface area contributed by atoms with Gasteiger partial charge in [0.2, 0.25) is 0 Å². The Hall–Kier alpha value is -1.38. The van der Waals surface area contributed by atoms with Crippen molar-refractivity contribution in [2.24, 2.45) is 0 Å². The molecule has 0 spiro atoms. The molecule has 2 aromatic rings. The number of nitrogens with one attached hydrogen (secondary N) is 2. The lowest BCUT2D eigenvalue weighted by atomic mass is 10.2. The van der Waals surface area contributed by atoms with Gasteiger partial charge >= 0.3 is 0 Å². The van der Waals surface area contributed by atoms with E-state index in [-0.39, 0.29) is 5.69 Å². The molecule has 2 rings (SSSR count). The van der Waals surface area contributed by atoms with Crippen molar-refractivity contribution in [3.8, 4) is 0 Å². The summed E-state index contributed by atoms with van der Waals surface area (Å²) in [5.74, 6) is -4.76. The van der Waals surface area contributed by atoms with Crippen molar-refractivity contribution in [2.75, 3.05) is 12.4 Å². The molecular formula is C15H15BrF3N2OS+. The summed E-state index contributed by atoms with van der Waals surface area (Å²) in [6, 6.07) is 5.16. The normalized spacial score (nSPS) is 13.7. The third kappa shape index (κ3) is 4.33. The van der Waals surface area contributed by atoms with E-state index < -0.39 is 29.4 Å². The second kappa shape index (κ2) is 7.46. The number of carbonyl (C=O) groups is 1. The fourth-order valence-electron chi connectivity index (χ4n) is 1.96. The Morgan fingerprint density at radius 3 is 2.57 bits per heavy atom. The average Bonchev–Trinajstić information content (AvgIpc) is 2.92. The lowest BCUT2D eigenvalue weighted by Gasteiger charge is -2.20. The number of hydrogen-bond acceptors (Lipinski definition) is 2. The summed E-state index contributed by atoms with van der Waals surface area (Å²) in [7, 11) is 1.83. The predicted octanol–water partition coefficient (Wildman–Crippen LogP) is 2.97. The molecule has 2 atom stereocenters. The molecule has 0 aliphatic carbocycles. The number of thiophene rings is 1. The van der Waals surface area contributed by atoms with E-state index in [1.54, 1.807) is 18.3 Å². The summed E-state index contributed by atoms with van der Waals surface area (Å²) in [6.45, 7) is 2.30. The van der Waals surface area contributed by atoms with Crippen molar-refractivity contribution >= 4 is 38.9 Å². The van der Waals surface area contributed by atoms with Gasteiger partial charge in [0.15, 0.2) is 23.5 Å². The Bertz CT molecular complexity index is 723. The highest BCUT2D eigenvalue weighted by Gasteiger charge is 2.24. The molecule has 3 nitrogen and oxygen atoms in total. The maximum atomic E-state index is 13.6. The highest BCUT2D eigenvalue weighted by Crippen LogP contribution is 2.21. The zero-order valence-electron chi connectivity index (χ0n) is 12.4. The van der Waals surface area contributed by atoms with Gasteiger partial charge in [-0.25, -0.2) is 13.2 Å². The van der Waals surface area contributed by atoms with Crippen LogP contribution in [0.1, 0.15) is 11.8 Å². The molecule has 0 saturated carbocycles. The second-order valence-corrected chi connectivity index (χ2v) is 7.71. The number of rotatable bonds is 5. The Morgan fingerprint density at radius 1 is 1.26 bits per heavy atom. The van der Waals surface area contributed by atoms with Gasteiger partial charge in [-0.15, -0.1) is 11.3 Å². The van der Waals surface area contributed by atoms with E-state index in [0.29, 0.717) is 6.54 Å². The van der Waals surface area contributed by atoms with Gasteiger partial charge in [0, 0.05) is 0 Å². The minimum atomic E-state index is -1.60. The molecule has 23 heavy (non-hydrogen) atoms. The Morgan fingerprint density at radius 2 is 1.96 bits per heavy atom. The second-order valence-electron chi connectivity index (χ2n) is 5.16. The van der Waals surface area contributed by atoms with E-state index in [1.165, 1.54) is 0 Å². The van der Waals surface area contributed by atoms with E-state index in [0.717, 1.165) is 25.7 Å². The van der Waals surface area contributed by atoms with Crippen LogP contribution in [0.2, 0.25) is 0 Å². The molecule has 1 aromatic carbocycles. The summed E-state index contributed by atoms with van der Waals surface area (Å²) in [4.78, 5) is 14.2. The van der Waals surface area contributed by atoms with Crippen LogP contribution in [0.4, 0.5) is 18.9 Å². The number of likely N-dealkylation sites (N-methyl/N-ethyl adjacent to an activating group) is 1. The topological polar surface area (TPSA) is 33.5 Å². The summed E-state index contributed by atoms with van der Waals surface area (Å²) < 4.78 is 40.7. The highest BCUT2D eigenvalue weighted by molar-refractivity contribution is 9.11. The van der Waals surface area contributed by atoms with Crippen molar-refractivity contribution in [1.29, 1.82) is 0 Å². The summed E-state index contributed by atoms with van der Waals surface area (Å²) in [5.41, 5.74) is -0.368. The number of benzene rings is 1. The SMILES string of the molecule is C[C@H](C(=O)Nc1ccc(F)c(F)c1F)[NH+](C)Cc1ccc(Br)s1. The molecule has 2 N–H and O–H groups in total. The first-order valence-electron chi connectivity index (χ1n) is 6.80. The summed E-state index contributed by atoms with van der Waals surface area (Å²) in [5, 5.41) is 2.30. The van der Waals surface area contributed by atoms with Gasteiger partial charge < -0.3 is 10.2 Å². The maximum Gasteiger partial charge on any atom is 0.282 e. The van der Waals surface area contributed by atoms with Crippen LogP contribution in [0.3, 0.4) is 0 Å². The molecule has 0 saturated heterocycles. The van der Waals surface area contributed by atoms with Crippen molar-refractivity contribution in [3.63, 3.8) is 0 Å². The van der Waals surface area contributed by atoms with Gasteiger partial charge in [0.1, 0.15) is 6.54 Å². The summed E-state index contributed by atoms with van der Waals surface area (Å²) >= 11 is 4.94. The van der Waals surface area contributed by atoms with E-state index in [4.69, 9.17) is 0 Å². The lowest BCUT2D eigenvalue weighted by molar-refractivity contribution is -0.907. The first kappa shape index (κ1) is 18.0. The van der Waals surface area contributed by atoms with Crippen LogP contribution in [0, 0.1) is 17.5 Å². The van der Waals surface area contributed by atoms with Crippen LogP contribution >= 0.6 is 27.3 Å². The maximum absolute atomic E-state index is 13.6. The molecule has 0 aliphatic rings. The molecule has 1 amide bonds. The van der Waals surface area contributed by atoms with Crippen molar-refractivity contribution in [2.45, 2.75) is 19.5 Å². The van der Waals surface area contributed by atoms with Gasteiger partial charge in [-0.2, -0.15) is 0 Å². The van der Waals surface area contributed by atoms with E-state index in [2.05, 4.69) is 21.2 Å². The van der Waals surface area contributed by atoms with Gasteiger partial charge in [0.25, 0.3) is 5.91 Å². The minimum Gasteiger partial charge on any atom is -0.323 e. The Labute approximate surface area is 144 Å². The Balaban J connectivity index is 2.03. The van der Waals surface area contributed by atoms with E-state index in [9.17, 15) is 18.0 Å². The van der Waals surface area contributed by atoms with Crippen molar-refractivity contribution in [3.05, 3.63) is 50.4 Å². The van der Waals surface area contributed by atoms with Crippen LogP contribution in [-0.4, -0.2) is 19.0 Å². The third-order valence-corrected chi connectivity index (χ3v) is 5.13. The monoisotopic (exact) mass is 407 g/mol. The summed E-state index contributed by atoms with van der Waals surface area (Å²) in [6.07, 6.45) is 0. The van der Waals surface area contributed by atoms with Crippen molar-refractivity contribution in [1.82, 2.24) is 0 Å². The standard InChI is InChI=1S/C15H14BrF3N2OS/c1-8(21(2)7-9-3-6-12(16)23-9)15(22)20-11-5-4-10(17)13(18)14(11)19/h3-6,8H,7H2,1-2H3,(H,20,22)/p+1/t8-/m1/s1. The van der Waals surface area contributed by atoms with Crippen LogP contribution in [0.5, 0.6) is 0 Å². The third-order valence-electron chi connectivity index (χ3n) is 3.51. The molecule has 1 unspecified atom stereocenters. The number of hydrogen-bond donors (Lipinski definition) is 2. The van der Waals surface area contributed by atoms with Crippen LogP contribution < -0.4 is 10.2 Å². The van der Waals surface area contributed by atoms with Crippen LogP contribution in [-0.2, 0) is 11.3 Å². The molecular weight excluding hydrogens is 393 g/mol. The molecule has 1 aromatic heterocycles. The highest BCUT2D eigenvalue weighted by atomic mass is 79.9. The number of anilines is 1. The predicted molar refractivity (Wildman–Crippen MR) is 87.0 cm³/mol. The van der Waals surface area contributed by atoms with Gasteiger partial charge in [0.05, 0.1) is 21.4 Å². The average molecular weight is 408 g/mol. The fourth-order valence-corrected chi connectivity index (χ4v) is 3.54. The molecule has 8 heteroatoms. The van der Waals surface area contributed by atoms with Gasteiger partial charge in [-0.05, 0) is 47.1 Å². The zero-order chi connectivity index (χ0) is 17.1. The van der Waals surface area contributed by atoms with E-state index in [1.807, 2.05) is 19.2 Å². The number of quaternary nitrogens is 1. The molecule has 0 aliphatic heterocycles. The minimum absolute atomic E-state index is 0.368. The fraction of sp³-hybridized carbons (Fsp3) is 0.267. The Kier molecular flexibility index (Phi) is 5.83. The molecule has 1 heterocycles. The number of halogens is 4. The smallest absolute Gasteiger partial charge is 0.282 e. The van der Waals surface area contributed by atoms with Crippen molar-refractivity contribution < 1.29 is 22.9 Å². The van der Waals surface area contributed by atoms with Crippen LogP contribution in [0.25, 0.3) is 0 Å². The molecule has 124 valence electrons.